The molecule has 8 heteroatoms. The molecule has 1 aromatic carbocycles. The van der Waals surface area contributed by atoms with Crippen LogP contribution in [0.3, 0.4) is 0 Å². The summed E-state index contributed by atoms with van der Waals surface area (Å²) < 4.78 is 0. The van der Waals surface area contributed by atoms with Gasteiger partial charge in [0.05, 0.1) is 0 Å². The van der Waals surface area contributed by atoms with Gasteiger partial charge < -0.3 is 26.0 Å². The van der Waals surface area contributed by atoms with Crippen LogP contribution in [0.5, 0.6) is 5.75 Å². The van der Waals surface area contributed by atoms with Crippen molar-refractivity contribution in [3.63, 3.8) is 0 Å². The molecule has 0 radical (unpaired) electrons. The van der Waals surface area contributed by atoms with Crippen molar-refractivity contribution in [1.29, 1.82) is 0 Å². The average Bonchev–Trinajstić information content (AvgIpc) is 2.63. The zero-order valence-corrected chi connectivity index (χ0v) is 19.4. The van der Waals surface area contributed by atoms with Crippen molar-refractivity contribution in [3.8, 4) is 5.75 Å². The summed E-state index contributed by atoms with van der Waals surface area (Å²) in [5.74, 6) is 1.36. The third-order valence-electron chi connectivity index (χ3n) is 4.43. The number of phenolic OH excluding ortho intramolecular Hbond substituents is 1. The normalized spacial score (nSPS) is 15.8. The van der Waals surface area contributed by atoms with Crippen LogP contribution in [-0.4, -0.2) is 60.6 Å². The highest BCUT2D eigenvalue weighted by Crippen LogP contribution is 2.14. The molecule has 0 aromatic heterocycles. The number of benzene rings is 1. The maximum atomic E-state index is 12.1. The highest BCUT2D eigenvalue weighted by Gasteiger charge is 2.20. The second-order valence-corrected chi connectivity index (χ2v) is 7.40. The molecule has 1 aliphatic heterocycles. The molecule has 2 rings (SSSR count). The van der Waals surface area contributed by atoms with Gasteiger partial charge in [0.15, 0.2) is 5.96 Å². The van der Waals surface area contributed by atoms with E-state index in [4.69, 9.17) is 0 Å². The number of carbonyl (C=O) groups is 1. The molecule has 0 saturated carbocycles. The fourth-order valence-electron chi connectivity index (χ4n) is 3.19. The van der Waals surface area contributed by atoms with E-state index in [1.807, 2.05) is 6.92 Å². The summed E-state index contributed by atoms with van der Waals surface area (Å²) in [6, 6.07) is 6.77. The van der Waals surface area contributed by atoms with Gasteiger partial charge in [-0.25, -0.2) is 4.99 Å². The SMILES string of the molecule is CCNC(=NCC(=O)Nc1ccc(O)cc1)NC1CCN(CC(C)C)CC1.I. The van der Waals surface area contributed by atoms with Gasteiger partial charge >= 0.3 is 0 Å². The molecule has 0 atom stereocenters. The number of aliphatic imine (C=N–C) groups is 1. The quantitative estimate of drug-likeness (QED) is 0.199. The Morgan fingerprint density at radius 2 is 1.89 bits per heavy atom. The zero-order valence-electron chi connectivity index (χ0n) is 17.1. The van der Waals surface area contributed by atoms with Crippen molar-refractivity contribution < 1.29 is 9.90 Å². The number of anilines is 1. The molecule has 7 nitrogen and oxygen atoms in total. The molecule has 0 aliphatic carbocycles. The van der Waals surface area contributed by atoms with Gasteiger partial charge in [0.25, 0.3) is 0 Å². The molecule has 1 heterocycles. The van der Waals surface area contributed by atoms with Crippen molar-refractivity contribution in [2.75, 3.05) is 38.0 Å². The minimum Gasteiger partial charge on any atom is -0.508 e. The monoisotopic (exact) mass is 503 g/mol. The molecule has 0 unspecified atom stereocenters. The zero-order chi connectivity index (χ0) is 19.6. The predicted octanol–water partition coefficient (Wildman–Crippen LogP) is 2.62. The first kappa shape index (κ1) is 24.5. The summed E-state index contributed by atoms with van der Waals surface area (Å²) in [6.07, 6.45) is 2.16. The fourth-order valence-corrected chi connectivity index (χ4v) is 3.19. The van der Waals surface area contributed by atoms with Crippen LogP contribution in [0.25, 0.3) is 0 Å². The van der Waals surface area contributed by atoms with Crippen LogP contribution in [0.1, 0.15) is 33.6 Å². The van der Waals surface area contributed by atoms with E-state index in [9.17, 15) is 9.90 Å². The van der Waals surface area contributed by atoms with Gasteiger partial charge in [0.2, 0.25) is 5.91 Å². The molecule has 1 amide bonds. The van der Waals surface area contributed by atoms with E-state index in [2.05, 4.69) is 39.7 Å². The number of carbonyl (C=O) groups excluding carboxylic acids is 1. The molecule has 0 bridgehead atoms. The van der Waals surface area contributed by atoms with Gasteiger partial charge in [-0.05, 0) is 49.9 Å². The maximum Gasteiger partial charge on any atom is 0.246 e. The van der Waals surface area contributed by atoms with E-state index >= 15 is 0 Å². The van der Waals surface area contributed by atoms with Crippen LogP contribution >= 0.6 is 24.0 Å². The molecule has 28 heavy (non-hydrogen) atoms. The first-order chi connectivity index (χ1) is 13.0. The summed E-state index contributed by atoms with van der Waals surface area (Å²) in [5, 5.41) is 18.7. The van der Waals surface area contributed by atoms with E-state index in [1.165, 1.54) is 12.1 Å². The fraction of sp³-hybridized carbons (Fsp3) is 0.600. The number of aromatic hydroxyl groups is 1. The Morgan fingerprint density at radius 1 is 1.25 bits per heavy atom. The van der Waals surface area contributed by atoms with Crippen molar-refractivity contribution in [1.82, 2.24) is 15.5 Å². The van der Waals surface area contributed by atoms with Crippen LogP contribution in [0, 0.1) is 5.92 Å². The number of phenols is 1. The van der Waals surface area contributed by atoms with Gasteiger partial charge in [-0.15, -0.1) is 24.0 Å². The number of likely N-dealkylation sites (tertiary alicyclic amines) is 1. The van der Waals surface area contributed by atoms with Crippen LogP contribution in [-0.2, 0) is 4.79 Å². The van der Waals surface area contributed by atoms with Gasteiger partial charge in [-0.2, -0.15) is 0 Å². The average molecular weight is 503 g/mol. The second kappa shape index (κ2) is 12.8. The minimum absolute atomic E-state index is 0. The second-order valence-electron chi connectivity index (χ2n) is 7.40. The van der Waals surface area contributed by atoms with Crippen molar-refractivity contribution in [3.05, 3.63) is 24.3 Å². The Balaban J connectivity index is 0.00000392. The van der Waals surface area contributed by atoms with Crippen molar-refractivity contribution in [2.45, 2.75) is 39.7 Å². The highest BCUT2D eigenvalue weighted by atomic mass is 127. The summed E-state index contributed by atoms with van der Waals surface area (Å²) in [4.78, 5) is 19.0. The summed E-state index contributed by atoms with van der Waals surface area (Å²) in [5.41, 5.74) is 0.642. The van der Waals surface area contributed by atoms with Gasteiger partial charge in [0.1, 0.15) is 12.3 Å². The number of hydrogen-bond donors (Lipinski definition) is 4. The van der Waals surface area contributed by atoms with Crippen LogP contribution < -0.4 is 16.0 Å². The third kappa shape index (κ3) is 9.09. The Morgan fingerprint density at radius 3 is 2.46 bits per heavy atom. The first-order valence-corrected chi connectivity index (χ1v) is 9.82. The summed E-state index contributed by atoms with van der Waals surface area (Å²) in [7, 11) is 0. The number of halogens is 1. The lowest BCUT2D eigenvalue weighted by Gasteiger charge is -2.34. The molecule has 158 valence electrons. The number of nitrogens with one attached hydrogen (secondary N) is 3. The number of nitrogens with zero attached hydrogens (tertiary/aromatic N) is 2. The number of hydrogen-bond acceptors (Lipinski definition) is 4. The van der Waals surface area contributed by atoms with E-state index < -0.39 is 0 Å². The van der Waals surface area contributed by atoms with E-state index in [0.29, 0.717) is 23.6 Å². The Kier molecular flexibility index (Phi) is 11.2. The molecule has 4 N–H and O–H groups in total. The molecule has 1 aliphatic rings. The van der Waals surface area contributed by atoms with Crippen LogP contribution in [0.2, 0.25) is 0 Å². The Labute approximate surface area is 185 Å². The molecule has 0 spiro atoms. The predicted molar refractivity (Wildman–Crippen MR) is 126 cm³/mol. The van der Waals surface area contributed by atoms with E-state index in [-0.39, 0.29) is 42.2 Å². The summed E-state index contributed by atoms with van der Waals surface area (Å²) >= 11 is 0. The lowest BCUT2D eigenvalue weighted by molar-refractivity contribution is -0.114. The molecule has 1 aromatic rings. The van der Waals surface area contributed by atoms with Gasteiger partial charge in [0, 0.05) is 37.9 Å². The van der Waals surface area contributed by atoms with Crippen LogP contribution in [0.15, 0.2) is 29.3 Å². The lowest BCUT2D eigenvalue weighted by Crippen LogP contribution is -2.49. The number of guanidine groups is 1. The largest absolute Gasteiger partial charge is 0.508 e. The van der Waals surface area contributed by atoms with Gasteiger partial charge in [-0.1, -0.05) is 13.8 Å². The standard InChI is InChI=1S/C20H33N5O2.HI/c1-4-21-20(24-17-9-11-25(12-10-17)14-15(2)3)22-13-19(27)23-16-5-7-18(26)8-6-16;/h5-8,15,17,26H,4,9-14H2,1-3H3,(H,23,27)(H2,21,22,24);1H. The third-order valence-corrected chi connectivity index (χ3v) is 4.43. The number of piperidine rings is 1. The Bertz CT molecular complexity index is 614. The number of rotatable bonds is 7. The maximum absolute atomic E-state index is 12.1. The topological polar surface area (TPSA) is 89.0 Å². The van der Waals surface area contributed by atoms with E-state index in [0.717, 1.165) is 39.0 Å². The molecular weight excluding hydrogens is 469 g/mol. The van der Waals surface area contributed by atoms with Crippen molar-refractivity contribution in [2.24, 2.45) is 10.9 Å². The van der Waals surface area contributed by atoms with Crippen molar-refractivity contribution >= 4 is 41.5 Å². The molecule has 1 fully saturated rings. The van der Waals surface area contributed by atoms with Crippen LogP contribution in [0.4, 0.5) is 5.69 Å². The first-order valence-electron chi connectivity index (χ1n) is 9.82. The lowest BCUT2D eigenvalue weighted by atomic mass is 10.0. The minimum atomic E-state index is -0.190. The molecule has 1 saturated heterocycles. The summed E-state index contributed by atoms with van der Waals surface area (Å²) in [6.45, 7) is 10.7. The highest BCUT2D eigenvalue weighted by molar-refractivity contribution is 14.0. The smallest absolute Gasteiger partial charge is 0.246 e. The number of amides is 1. The van der Waals surface area contributed by atoms with Gasteiger partial charge in [-0.3, -0.25) is 4.79 Å². The Hall–Kier alpha value is -1.55. The molecular formula is C20H34IN5O2. The van der Waals surface area contributed by atoms with E-state index in [1.54, 1.807) is 12.1 Å².